The van der Waals surface area contributed by atoms with Gasteiger partial charge in [0.25, 0.3) is 5.91 Å². The van der Waals surface area contributed by atoms with Crippen molar-refractivity contribution >= 4 is 51.2 Å². The molecule has 0 spiro atoms. The monoisotopic (exact) mass is 379 g/mol. The Morgan fingerprint density at radius 1 is 1.50 bits per heavy atom. The molecular weight excluding hydrogens is 366 g/mol. The lowest BCUT2D eigenvalue weighted by molar-refractivity contribution is 0.0968. The van der Waals surface area contributed by atoms with Crippen molar-refractivity contribution in [2.24, 2.45) is 7.05 Å². The van der Waals surface area contributed by atoms with E-state index >= 15 is 0 Å². The number of carbonyl (C=O) groups is 1. The molecule has 6 nitrogen and oxygen atoms in total. The van der Waals surface area contributed by atoms with Crippen molar-refractivity contribution in [3.05, 3.63) is 32.9 Å². The first-order valence-corrected chi connectivity index (χ1v) is 8.96. The summed E-state index contributed by atoms with van der Waals surface area (Å²) in [7, 11) is 1.62. The molecule has 1 aliphatic rings. The molecule has 124 valence electrons. The number of aromatic nitrogens is 2. The molecule has 2 aromatic heterocycles. The van der Waals surface area contributed by atoms with Gasteiger partial charge in [0, 0.05) is 11.9 Å². The Bertz CT molecular complexity index is 845. The van der Waals surface area contributed by atoms with Crippen LogP contribution in [0.2, 0.25) is 5.02 Å². The van der Waals surface area contributed by atoms with Gasteiger partial charge in [0.05, 0.1) is 16.8 Å². The first-order valence-electron chi connectivity index (χ1n) is 7.35. The zero-order chi connectivity index (χ0) is 17.3. The predicted octanol–water partition coefficient (Wildman–Crippen LogP) is 3.01. The highest BCUT2D eigenvalue weighted by molar-refractivity contribution is 7.80. The van der Waals surface area contributed by atoms with Crippen LogP contribution in [0.15, 0.2) is 6.20 Å². The number of fused-ring (bicyclic) bond motifs is 1. The van der Waals surface area contributed by atoms with E-state index in [4.69, 9.17) is 23.8 Å². The fourth-order valence-electron chi connectivity index (χ4n) is 2.74. The van der Waals surface area contributed by atoms with Crippen LogP contribution in [0.5, 0.6) is 0 Å². The molecule has 0 aliphatic heterocycles. The van der Waals surface area contributed by atoms with E-state index in [9.17, 15) is 10.1 Å². The van der Waals surface area contributed by atoms with Crippen molar-refractivity contribution in [3.63, 3.8) is 0 Å². The molecule has 2 heterocycles. The van der Waals surface area contributed by atoms with E-state index < -0.39 is 5.91 Å². The third kappa shape index (κ3) is 3.15. The summed E-state index contributed by atoms with van der Waals surface area (Å²) < 4.78 is 1.38. The van der Waals surface area contributed by atoms with Crippen LogP contribution in [0.4, 0.5) is 5.00 Å². The van der Waals surface area contributed by atoms with Crippen molar-refractivity contribution in [1.29, 1.82) is 5.26 Å². The lowest BCUT2D eigenvalue weighted by Gasteiger charge is -2.10. The van der Waals surface area contributed by atoms with Gasteiger partial charge in [-0.05, 0) is 43.5 Å². The zero-order valence-corrected chi connectivity index (χ0v) is 15.2. The molecule has 3 rings (SSSR count). The van der Waals surface area contributed by atoms with Gasteiger partial charge in [-0.1, -0.05) is 11.6 Å². The van der Waals surface area contributed by atoms with E-state index in [2.05, 4.69) is 21.8 Å². The highest BCUT2D eigenvalue weighted by atomic mass is 35.5. The number of hydrogen-bond acceptors (Lipinski definition) is 5. The minimum absolute atomic E-state index is 0.132. The standard InChI is InChI=1S/C15H14ClN5OS2/c1-21-12(10(16)7-18-21)13(22)19-15(23)20-14-9(6-17)8-4-2-3-5-11(8)24-14/h7H,2-5H2,1H3,(H2,19,20,22,23). The van der Waals surface area contributed by atoms with Gasteiger partial charge in [0.15, 0.2) is 5.11 Å². The van der Waals surface area contributed by atoms with Crippen LogP contribution in [0.3, 0.4) is 0 Å². The number of rotatable bonds is 2. The molecule has 1 amide bonds. The van der Waals surface area contributed by atoms with E-state index in [0.717, 1.165) is 31.2 Å². The summed E-state index contributed by atoms with van der Waals surface area (Å²) >= 11 is 12.7. The lowest BCUT2D eigenvalue weighted by atomic mass is 9.96. The van der Waals surface area contributed by atoms with E-state index in [1.165, 1.54) is 27.1 Å². The lowest BCUT2D eigenvalue weighted by Crippen LogP contribution is -2.35. The number of hydrogen-bond donors (Lipinski definition) is 2. The molecule has 0 unspecified atom stereocenters. The molecule has 1 aliphatic carbocycles. The number of thiophene rings is 1. The van der Waals surface area contributed by atoms with Gasteiger partial charge in [-0.2, -0.15) is 10.4 Å². The molecule has 0 atom stereocenters. The number of nitrogens with one attached hydrogen (secondary N) is 2. The number of thiocarbonyl (C=S) groups is 1. The van der Waals surface area contributed by atoms with Gasteiger partial charge in [0.2, 0.25) is 0 Å². The molecule has 9 heteroatoms. The second-order valence-corrected chi connectivity index (χ2v) is 7.32. The van der Waals surface area contributed by atoms with Crippen molar-refractivity contribution < 1.29 is 4.79 Å². The minimum atomic E-state index is -0.447. The summed E-state index contributed by atoms with van der Waals surface area (Å²) in [5.41, 5.74) is 1.97. The van der Waals surface area contributed by atoms with Gasteiger partial charge < -0.3 is 5.32 Å². The number of amides is 1. The Kier molecular flexibility index (Phi) is 4.85. The fourth-order valence-corrected chi connectivity index (χ4v) is 4.49. The SMILES string of the molecule is Cn1ncc(Cl)c1C(=O)NC(=S)Nc1sc2c(c1C#N)CCCC2. The smallest absolute Gasteiger partial charge is 0.277 e. The Balaban J connectivity index is 1.75. The summed E-state index contributed by atoms with van der Waals surface area (Å²) in [6.45, 7) is 0. The maximum atomic E-state index is 12.3. The van der Waals surface area contributed by atoms with Crippen LogP contribution in [0.25, 0.3) is 0 Å². The van der Waals surface area contributed by atoms with Crippen molar-refractivity contribution in [2.45, 2.75) is 25.7 Å². The van der Waals surface area contributed by atoms with Crippen LogP contribution >= 0.6 is 35.2 Å². The molecule has 2 N–H and O–H groups in total. The highest BCUT2D eigenvalue weighted by Gasteiger charge is 2.22. The molecular formula is C15H14ClN5OS2. The molecule has 0 radical (unpaired) electrons. The maximum Gasteiger partial charge on any atom is 0.277 e. The number of nitriles is 1. The third-order valence-corrected chi connectivity index (χ3v) is 5.53. The molecule has 2 aromatic rings. The first-order chi connectivity index (χ1) is 11.5. The van der Waals surface area contributed by atoms with Crippen LogP contribution in [-0.2, 0) is 19.9 Å². The molecule has 0 aromatic carbocycles. The van der Waals surface area contributed by atoms with E-state index in [-0.39, 0.29) is 15.8 Å². The number of anilines is 1. The largest absolute Gasteiger partial charge is 0.323 e. The number of nitrogens with zero attached hydrogens (tertiary/aromatic N) is 3. The van der Waals surface area contributed by atoms with E-state index in [1.807, 2.05) is 0 Å². The Morgan fingerprint density at radius 2 is 2.25 bits per heavy atom. The Morgan fingerprint density at radius 3 is 2.92 bits per heavy atom. The van der Waals surface area contributed by atoms with Gasteiger partial charge >= 0.3 is 0 Å². The van der Waals surface area contributed by atoms with Crippen molar-refractivity contribution in [3.8, 4) is 6.07 Å². The quantitative estimate of drug-likeness (QED) is 0.784. The van der Waals surface area contributed by atoms with E-state index in [0.29, 0.717) is 10.6 Å². The van der Waals surface area contributed by atoms with Gasteiger partial charge in [0.1, 0.15) is 16.8 Å². The van der Waals surface area contributed by atoms with Crippen molar-refractivity contribution in [1.82, 2.24) is 15.1 Å². The molecule has 24 heavy (non-hydrogen) atoms. The third-order valence-electron chi connectivity index (χ3n) is 3.85. The Hall–Kier alpha value is -1.95. The van der Waals surface area contributed by atoms with Gasteiger partial charge in [-0.3, -0.25) is 14.8 Å². The van der Waals surface area contributed by atoms with Crippen molar-refractivity contribution in [2.75, 3.05) is 5.32 Å². The summed E-state index contributed by atoms with van der Waals surface area (Å²) in [5, 5.41) is 20.0. The second-order valence-electron chi connectivity index (χ2n) is 5.40. The number of halogens is 1. The maximum absolute atomic E-state index is 12.3. The zero-order valence-electron chi connectivity index (χ0n) is 12.9. The molecule has 0 saturated carbocycles. The fraction of sp³-hybridized carbons (Fsp3) is 0.333. The average molecular weight is 380 g/mol. The molecule has 0 bridgehead atoms. The van der Waals surface area contributed by atoms with Gasteiger partial charge in [-0.25, -0.2) is 0 Å². The molecule has 0 saturated heterocycles. The number of carbonyl (C=O) groups excluding carboxylic acids is 1. The minimum Gasteiger partial charge on any atom is -0.323 e. The van der Waals surface area contributed by atoms with Crippen LogP contribution in [0.1, 0.15) is 39.3 Å². The second kappa shape index (κ2) is 6.89. The van der Waals surface area contributed by atoms with E-state index in [1.54, 1.807) is 7.05 Å². The summed E-state index contributed by atoms with van der Waals surface area (Å²) in [4.78, 5) is 13.5. The highest BCUT2D eigenvalue weighted by Crippen LogP contribution is 2.37. The van der Waals surface area contributed by atoms with Crippen LogP contribution in [-0.4, -0.2) is 20.8 Å². The number of aryl methyl sites for hydroxylation is 2. The van der Waals surface area contributed by atoms with Gasteiger partial charge in [-0.15, -0.1) is 11.3 Å². The molecule has 0 fully saturated rings. The first kappa shape index (κ1) is 16.9. The Labute approximate surface area is 153 Å². The predicted molar refractivity (Wildman–Crippen MR) is 97.6 cm³/mol. The summed E-state index contributed by atoms with van der Waals surface area (Å²) in [6, 6.07) is 2.25. The normalized spacial score (nSPS) is 13.0. The van der Waals surface area contributed by atoms with Crippen LogP contribution in [0, 0.1) is 11.3 Å². The topological polar surface area (TPSA) is 82.7 Å². The average Bonchev–Trinajstić information content (AvgIpc) is 3.06. The summed E-state index contributed by atoms with van der Waals surface area (Å²) in [6.07, 6.45) is 5.53. The van der Waals surface area contributed by atoms with Crippen LogP contribution < -0.4 is 10.6 Å². The summed E-state index contributed by atoms with van der Waals surface area (Å²) in [5.74, 6) is -0.447.